The van der Waals surface area contributed by atoms with Crippen molar-refractivity contribution in [2.75, 3.05) is 5.32 Å². The quantitative estimate of drug-likeness (QED) is 0.707. The van der Waals surface area contributed by atoms with Crippen LogP contribution in [0.4, 0.5) is 15.9 Å². The van der Waals surface area contributed by atoms with Gasteiger partial charge in [0.25, 0.3) is 0 Å². The van der Waals surface area contributed by atoms with Gasteiger partial charge in [-0.15, -0.1) is 0 Å². The van der Waals surface area contributed by atoms with E-state index in [1.54, 1.807) is 12.1 Å². The fourth-order valence-electron chi connectivity index (χ4n) is 2.01. The van der Waals surface area contributed by atoms with Crippen LogP contribution >= 0.6 is 11.6 Å². The number of hydrogen-bond donors (Lipinski definition) is 1. The molecule has 3 rings (SSSR count). The van der Waals surface area contributed by atoms with Crippen molar-refractivity contribution < 1.29 is 4.39 Å². The van der Waals surface area contributed by atoms with Crippen LogP contribution in [-0.4, -0.2) is 9.97 Å². The molecule has 0 unspecified atom stereocenters. The predicted octanol–water partition coefficient (Wildman–Crippen LogP) is 4.47. The molecule has 0 spiro atoms. The average molecular weight is 288 g/mol. The lowest BCUT2D eigenvalue weighted by Gasteiger charge is -2.10. The number of aromatic nitrogens is 2. The van der Waals surface area contributed by atoms with E-state index in [4.69, 9.17) is 11.6 Å². The van der Waals surface area contributed by atoms with E-state index in [9.17, 15) is 4.39 Å². The third-order valence-electron chi connectivity index (χ3n) is 2.95. The average Bonchev–Trinajstić information content (AvgIpc) is 2.43. The number of para-hydroxylation sites is 1. The normalized spacial score (nSPS) is 10.8. The molecule has 0 amide bonds. The summed E-state index contributed by atoms with van der Waals surface area (Å²) in [6.07, 6.45) is 0. The lowest BCUT2D eigenvalue weighted by atomic mass is 10.2. The van der Waals surface area contributed by atoms with E-state index in [2.05, 4.69) is 15.3 Å². The summed E-state index contributed by atoms with van der Waals surface area (Å²) in [6, 6.07) is 12.3. The summed E-state index contributed by atoms with van der Waals surface area (Å²) in [5, 5.41) is 3.90. The Labute approximate surface area is 120 Å². The van der Waals surface area contributed by atoms with Crippen LogP contribution in [0.1, 0.15) is 5.56 Å². The Morgan fingerprint density at radius 1 is 1.10 bits per heavy atom. The van der Waals surface area contributed by atoms with Gasteiger partial charge in [-0.3, -0.25) is 0 Å². The number of hydrogen-bond acceptors (Lipinski definition) is 3. The number of rotatable bonds is 2. The highest BCUT2D eigenvalue weighted by atomic mass is 35.5. The first-order valence-corrected chi connectivity index (χ1v) is 6.47. The Hall–Kier alpha value is -2.20. The maximum atomic E-state index is 13.8. The minimum atomic E-state index is -0.339. The largest absolute Gasteiger partial charge is 0.337 e. The number of nitrogens with one attached hydrogen (secondary N) is 1. The predicted molar refractivity (Wildman–Crippen MR) is 79.0 cm³/mol. The Kier molecular flexibility index (Phi) is 3.24. The molecule has 1 heterocycles. The lowest BCUT2D eigenvalue weighted by molar-refractivity contribution is 0.631. The molecule has 0 atom stereocenters. The Bertz CT molecular complexity index is 789. The van der Waals surface area contributed by atoms with Gasteiger partial charge in [-0.2, -0.15) is 4.98 Å². The standard InChI is InChI=1S/C15H11ClFN3/c1-9-6-7-11(17)13(8-9)18-14-10-4-2-3-5-12(10)19-15(16)20-14/h2-8H,1H3,(H,18,19,20). The van der Waals surface area contributed by atoms with Crippen LogP contribution in [0.5, 0.6) is 0 Å². The number of anilines is 2. The highest BCUT2D eigenvalue weighted by Gasteiger charge is 2.09. The number of fused-ring (bicyclic) bond motifs is 1. The van der Waals surface area contributed by atoms with Crippen molar-refractivity contribution in [1.29, 1.82) is 0 Å². The summed E-state index contributed by atoms with van der Waals surface area (Å²) in [6.45, 7) is 1.90. The van der Waals surface area contributed by atoms with Gasteiger partial charge in [0.1, 0.15) is 11.6 Å². The lowest BCUT2D eigenvalue weighted by Crippen LogP contribution is -1.99. The Morgan fingerprint density at radius 3 is 2.75 bits per heavy atom. The summed E-state index contributed by atoms with van der Waals surface area (Å²) in [5.74, 6) is 0.152. The van der Waals surface area contributed by atoms with Crippen LogP contribution in [-0.2, 0) is 0 Å². The summed E-state index contributed by atoms with van der Waals surface area (Å²) in [4.78, 5) is 8.28. The van der Waals surface area contributed by atoms with Crippen molar-refractivity contribution in [3.63, 3.8) is 0 Å². The highest BCUT2D eigenvalue weighted by molar-refractivity contribution is 6.28. The molecule has 0 radical (unpaired) electrons. The summed E-state index contributed by atoms with van der Waals surface area (Å²) >= 11 is 5.91. The second kappa shape index (κ2) is 5.06. The molecule has 2 aromatic carbocycles. The molecule has 5 heteroatoms. The molecule has 0 aliphatic carbocycles. The summed E-state index contributed by atoms with van der Waals surface area (Å²) < 4.78 is 13.8. The van der Waals surface area contributed by atoms with Crippen LogP contribution in [0.3, 0.4) is 0 Å². The van der Waals surface area contributed by atoms with Gasteiger partial charge in [0.2, 0.25) is 5.28 Å². The molecule has 0 aliphatic rings. The van der Waals surface area contributed by atoms with Crippen molar-refractivity contribution in [3.8, 4) is 0 Å². The van der Waals surface area contributed by atoms with Gasteiger partial charge in [-0.25, -0.2) is 9.37 Å². The van der Waals surface area contributed by atoms with E-state index in [0.717, 1.165) is 10.9 Å². The van der Waals surface area contributed by atoms with Crippen LogP contribution < -0.4 is 5.32 Å². The fourth-order valence-corrected chi connectivity index (χ4v) is 2.18. The van der Waals surface area contributed by atoms with Crippen molar-refractivity contribution in [2.45, 2.75) is 6.92 Å². The van der Waals surface area contributed by atoms with Crippen molar-refractivity contribution in [3.05, 3.63) is 59.1 Å². The van der Waals surface area contributed by atoms with Gasteiger partial charge >= 0.3 is 0 Å². The Morgan fingerprint density at radius 2 is 1.90 bits per heavy atom. The fraction of sp³-hybridized carbons (Fsp3) is 0.0667. The van der Waals surface area contributed by atoms with Crippen LogP contribution in [0, 0.1) is 12.7 Å². The van der Waals surface area contributed by atoms with E-state index in [-0.39, 0.29) is 11.1 Å². The zero-order valence-corrected chi connectivity index (χ0v) is 11.4. The SMILES string of the molecule is Cc1ccc(F)c(Nc2nc(Cl)nc3ccccc23)c1. The van der Waals surface area contributed by atoms with Crippen molar-refractivity contribution in [1.82, 2.24) is 9.97 Å². The molecule has 1 N–H and O–H groups in total. The first kappa shape index (κ1) is 12.8. The molecule has 20 heavy (non-hydrogen) atoms. The van der Waals surface area contributed by atoms with Gasteiger partial charge < -0.3 is 5.32 Å². The molecule has 0 saturated carbocycles. The monoisotopic (exact) mass is 287 g/mol. The maximum Gasteiger partial charge on any atom is 0.224 e. The number of benzene rings is 2. The van der Waals surface area contributed by atoms with Crippen LogP contribution in [0.2, 0.25) is 5.28 Å². The molecule has 0 fully saturated rings. The van der Waals surface area contributed by atoms with Gasteiger partial charge in [0.15, 0.2) is 0 Å². The van der Waals surface area contributed by atoms with E-state index >= 15 is 0 Å². The van der Waals surface area contributed by atoms with E-state index in [0.29, 0.717) is 17.0 Å². The van der Waals surface area contributed by atoms with Crippen molar-refractivity contribution in [2.24, 2.45) is 0 Å². The van der Waals surface area contributed by atoms with E-state index in [1.807, 2.05) is 31.2 Å². The van der Waals surface area contributed by atoms with Gasteiger partial charge in [-0.1, -0.05) is 18.2 Å². The summed E-state index contributed by atoms with van der Waals surface area (Å²) in [5.41, 5.74) is 2.03. The third kappa shape index (κ3) is 2.42. The highest BCUT2D eigenvalue weighted by Crippen LogP contribution is 2.26. The van der Waals surface area contributed by atoms with Gasteiger partial charge in [0.05, 0.1) is 11.2 Å². The summed E-state index contributed by atoms with van der Waals surface area (Å²) in [7, 11) is 0. The number of nitrogens with zero attached hydrogens (tertiary/aromatic N) is 2. The zero-order valence-electron chi connectivity index (χ0n) is 10.7. The smallest absolute Gasteiger partial charge is 0.224 e. The van der Waals surface area contributed by atoms with Gasteiger partial charge in [0, 0.05) is 5.39 Å². The zero-order chi connectivity index (χ0) is 14.1. The Balaban J connectivity index is 2.13. The molecule has 0 bridgehead atoms. The minimum absolute atomic E-state index is 0.124. The first-order valence-electron chi connectivity index (χ1n) is 6.09. The maximum absolute atomic E-state index is 13.8. The molecule has 3 nitrogen and oxygen atoms in total. The number of aryl methyl sites for hydroxylation is 1. The molecule has 3 aromatic rings. The molecule has 0 aliphatic heterocycles. The molecule has 0 saturated heterocycles. The topological polar surface area (TPSA) is 37.8 Å². The first-order chi connectivity index (χ1) is 9.63. The molecular formula is C15H11ClFN3. The van der Waals surface area contributed by atoms with Crippen molar-refractivity contribution >= 4 is 34.0 Å². The third-order valence-corrected chi connectivity index (χ3v) is 3.12. The van der Waals surface area contributed by atoms with E-state index in [1.165, 1.54) is 6.07 Å². The minimum Gasteiger partial charge on any atom is -0.337 e. The second-order valence-corrected chi connectivity index (χ2v) is 4.80. The molecule has 1 aromatic heterocycles. The van der Waals surface area contributed by atoms with E-state index < -0.39 is 0 Å². The van der Waals surface area contributed by atoms with Crippen LogP contribution in [0.25, 0.3) is 10.9 Å². The number of halogens is 2. The van der Waals surface area contributed by atoms with Crippen LogP contribution in [0.15, 0.2) is 42.5 Å². The molecule has 100 valence electrons. The molecular weight excluding hydrogens is 277 g/mol. The van der Waals surface area contributed by atoms with Gasteiger partial charge in [-0.05, 0) is 48.4 Å². The second-order valence-electron chi connectivity index (χ2n) is 4.47.